The van der Waals surface area contributed by atoms with Crippen LogP contribution in [0.3, 0.4) is 0 Å². The summed E-state index contributed by atoms with van der Waals surface area (Å²) in [6, 6.07) is 18.8. The van der Waals surface area contributed by atoms with E-state index in [1.54, 1.807) is 23.3 Å². The molecule has 2 aromatic carbocycles. The van der Waals surface area contributed by atoms with E-state index in [1.807, 2.05) is 60.8 Å². The Morgan fingerprint density at radius 3 is 2.68 bits per heavy atom. The molecule has 5 rings (SSSR count). The zero-order valence-electron chi connectivity index (χ0n) is 19.1. The Morgan fingerprint density at radius 1 is 1.15 bits per heavy atom. The van der Waals surface area contributed by atoms with E-state index in [-0.39, 0.29) is 6.03 Å². The van der Waals surface area contributed by atoms with Crippen LogP contribution in [-0.4, -0.2) is 23.3 Å². The van der Waals surface area contributed by atoms with Crippen LogP contribution < -0.4 is 15.0 Å². The topological polar surface area (TPSA) is 80.5 Å². The highest BCUT2D eigenvalue weighted by molar-refractivity contribution is 7.13. The van der Waals surface area contributed by atoms with Gasteiger partial charge in [-0.05, 0) is 48.1 Å². The van der Waals surface area contributed by atoms with Gasteiger partial charge in [0.1, 0.15) is 5.75 Å². The van der Waals surface area contributed by atoms with Crippen molar-refractivity contribution in [3.8, 4) is 16.5 Å². The summed E-state index contributed by atoms with van der Waals surface area (Å²) in [6.45, 7) is 4.01. The van der Waals surface area contributed by atoms with E-state index < -0.39 is 6.04 Å². The van der Waals surface area contributed by atoms with Gasteiger partial charge >= 0.3 is 6.03 Å². The summed E-state index contributed by atoms with van der Waals surface area (Å²) in [5.41, 5.74) is 4.32. The van der Waals surface area contributed by atoms with Crippen molar-refractivity contribution >= 4 is 28.6 Å². The van der Waals surface area contributed by atoms with E-state index in [1.165, 1.54) is 5.56 Å². The third-order valence-corrected chi connectivity index (χ3v) is 6.78. The lowest BCUT2D eigenvalue weighted by Crippen LogP contribution is -2.46. The summed E-state index contributed by atoms with van der Waals surface area (Å²) in [6.07, 6.45) is 0.941. The minimum absolute atomic E-state index is 0.239. The molecule has 0 fully saturated rings. The summed E-state index contributed by atoms with van der Waals surface area (Å²) < 4.78 is 11.1. The number of hydrogen-bond acceptors (Lipinski definition) is 6. The molecule has 1 N–H and O–H groups in total. The number of anilines is 1. The van der Waals surface area contributed by atoms with Crippen molar-refractivity contribution in [1.82, 2.24) is 15.5 Å². The maximum absolute atomic E-state index is 13.4. The molecule has 3 heterocycles. The molecule has 2 aromatic heterocycles. The molecule has 1 unspecified atom stereocenters. The zero-order chi connectivity index (χ0) is 23.7. The molecular formula is C26H24N4O3S. The number of thiophene rings is 1. The number of methoxy groups -OCH3 is 1. The first-order chi connectivity index (χ1) is 16.6. The molecule has 1 aliphatic rings. The summed E-state index contributed by atoms with van der Waals surface area (Å²) in [4.78, 5) is 20.6. The SMILES string of the molecule is CCc1ccc(C2NC(=O)N(c3cccc(OC)c3)C(C)=C2c2nc(-c3cccs3)no2)cc1. The quantitative estimate of drug-likeness (QED) is 0.368. The Bertz CT molecular complexity index is 1340. The molecule has 0 saturated carbocycles. The number of carbonyl (C=O) groups excluding carboxylic acids is 1. The van der Waals surface area contributed by atoms with Crippen molar-refractivity contribution in [2.75, 3.05) is 12.0 Å². The van der Waals surface area contributed by atoms with E-state index in [9.17, 15) is 4.79 Å². The van der Waals surface area contributed by atoms with Gasteiger partial charge in [0.15, 0.2) is 0 Å². The Labute approximate surface area is 201 Å². The molecule has 0 aliphatic carbocycles. The predicted molar refractivity (Wildman–Crippen MR) is 133 cm³/mol. The Morgan fingerprint density at radius 2 is 1.97 bits per heavy atom. The molecule has 8 heteroatoms. The van der Waals surface area contributed by atoms with Crippen LogP contribution in [-0.2, 0) is 6.42 Å². The molecule has 34 heavy (non-hydrogen) atoms. The van der Waals surface area contributed by atoms with E-state index in [4.69, 9.17) is 14.2 Å². The minimum Gasteiger partial charge on any atom is -0.497 e. The molecule has 2 amide bonds. The second kappa shape index (κ2) is 9.15. The number of aromatic nitrogens is 2. The first-order valence-corrected chi connectivity index (χ1v) is 11.9. The van der Waals surface area contributed by atoms with Crippen LogP contribution in [0.15, 0.2) is 76.3 Å². The van der Waals surface area contributed by atoms with Crippen LogP contribution in [0.1, 0.15) is 36.9 Å². The Hall–Kier alpha value is -3.91. The number of aryl methyl sites for hydroxylation is 1. The van der Waals surface area contributed by atoms with Gasteiger partial charge in [-0.15, -0.1) is 11.3 Å². The summed E-state index contributed by atoms with van der Waals surface area (Å²) >= 11 is 1.54. The van der Waals surface area contributed by atoms with Gasteiger partial charge in [0, 0.05) is 11.8 Å². The molecule has 7 nitrogen and oxygen atoms in total. The lowest BCUT2D eigenvalue weighted by molar-refractivity contribution is 0.244. The lowest BCUT2D eigenvalue weighted by atomic mass is 9.93. The average molecular weight is 473 g/mol. The molecule has 172 valence electrons. The van der Waals surface area contributed by atoms with Crippen LogP contribution in [0.5, 0.6) is 5.75 Å². The maximum Gasteiger partial charge on any atom is 0.327 e. The van der Waals surface area contributed by atoms with E-state index in [2.05, 4.69) is 29.5 Å². The standard InChI is InChI=1S/C26H24N4O3S/c1-4-17-10-12-18(13-11-17)23-22(25-28-24(29-33-25)21-9-6-14-34-21)16(2)30(26(31)27-23)19-7-5-8-20(15-19)32-3/h5-15,23H,4H2,1-3H3,(H,27,31). The first-order valence-electron chi connectivity index (χ1n) is 11.0. The largest absolute Gasteiger partial charge is 0.497 e. The second-order valence-electron chi connectivity index (χ2n) is 7.91. The molecule has 0 saturated heterocycles. The van der Waals surface area contributed by atoms with Crippen molar-refractivity contribution in [2.45, 2.75) is 26.3 Å². The number of rotatable bonds is 6. The van der Waals surface area contributed by atoms with Crippen LogP contribution in [0, 0.1) is 0 Å². The zero-order valence-corrected chi connectivity index (χ0v) is 19.9. The summed E-state index contributed by atoms with van der Waals surface area (Å²) in [7, 11) is 1.60. The smallest absolute Gasteiger partial charge is 0.327 e. The van der Waals surface area contributed by atoms with Gasteiger partial charge in [-0.3, -0.25) is 4.90 Å². The number of nitrogens with one attached hydrogen (secondary N) is 1. The van der Waals surface area contributed by atoms with E-state index in [0.29, 0.717) is 28.8 Å². The van der Waals surface area contributed by atoms with Crippen molar-refractivity contribution < 1.29 is 14.1 Å². The van der Waals surface area contributed by atoms with E-state index >= 15 is 0 Å². The average Bonchev–Trinajstić information content (AvgIpc) is 3.56. The summed E-state index contributed by atoms with van der Waals surface area (Å²) in [5.74, 6) is 1.56. The highest BCUT2D eigenvalue weighted by atomic mass is 32.1. The monoisotopic (exact) mass is 472 g/mol. The van der Waals surface area contributed by atoms with Crippen LogP contribution in [0.4, 0.5) is 10.5 Å². The van der Waals surface area contributed by atoms with Crippen molar-refractivity contribution in [3.05, 3.63) is 88.8 Å². The molecule has 4 aromatic rings. The second-order valence-corrected chi connectivity index (χ2v) is 8.86. The highest BCUT2D eigenvalue weighted by Gasteiger charge is 2.36. The normalized spacial score (nSPS) is 16.0. The van der Waals surface area contributed by atoms with Gasteiger partial charge in [-0.25, -0.2) is 4.79 Å². The fourth-order valence-corrected chi connectivity index (χ4v) is 4.76. The van der Waals surface area contributed by atoms with Crippen molar-refractivity contribution in [1.29, 1.82) is 0 Å². The van der Waals surface area contributed by atoms with E-state index in [0.717, 1.165) is 22.4 Å². The third kappa shape index (κ3) is 3.97. The number of carbonyl (C=O) groups is 1. The Kier molecular flexibility index (Phi) is 5.90. The van der Waals surface area contributed by atoms with Gasteiger partial charge in [0.05, 0.1) is 29.3 Å². The van der Waals surface area contributed by atoms with Gasteiger partial charge in [-0.2, -0.15) is 4.98 Å². The highest BCUT2D eigenvalue weighted by Crippen LogP contribution is 2.40. The van der Waals surface area contributed by atoms with Crippen LogP contribution in [0.25, 0.3) is 16.3 Å². The number of nitrogens with zero attached hydrogens (tertiary/aromatic N) is 3. The molecular weight excluding hydrogens is 448 g/mol. The number of amides is 2. The third-order valence-electron chi connectivity index (χ3n) is 5.92. The maximum atomic E-state index is 13.4. The van der Waals surface area contributed by atoms with Gasteiger partial charge < -0.3 is 14.6 Å². The first kappa shape index (κ1) is 21.9. The predicted octanol–water partition coefficient (Wildman–Crippen LogP) is 6.07. The summed E-state index contributed by atoms with van der Waals surface area (Å²) in [5, 5.41) is 9.32. The number of hydrogen-bond donors (Lipinski definition) is 1. The Balaban J connectivity index is 1.65. The number of ether oxygens (including phenoxy) is 1. The molecule has 1 aliphatic heterocycles. The fourth-order valence-electron chi connectivity index (χ4n) is 4.12. The number of allylic oxidation sites excluding steroid dienone is 1. The molecule has 0 bridgehead atoms. The van der Waals surface area contributed by atoms with Crippen LogP contribution in [0.2, 0.25) is 0 Å². The lowest BCUT2D eigenvalue weighted by Gasteiger charge is -2.35. The van der Waals surface area contributed by atoms with Gasteiger partial charge in [-0.1, -0.05) is 48.5 Å². The van der Waals surface area contributed by atoms with Gasteiger partial charge in [0.25, 0.3) is 5.89 Å². The number of benzene rings is 2. The fraction of sp³-hybridized carbons (Fsp3) is 0.192. The van der Waals surface area contributed by atoms with Crippen molar-refractivity contribution in [2.24, 2.45) is 0 Å². The van der Waals surface area contributed by atoms with Crippen LogP contribution >= 0.6 is 11.3 Å². The van der Waals surface area contributed by atoms with Crippen molar-refractivity contribution in [3.63, 3.8) is 0 Å². The number of urea groups is 1. The molecule has 1 atom stereocenters. The minimum atomic E-state index is -0.433. The van der Waals surface area contributed by atoms with Gasteiger partial charge in [0.2, 0.25) is 5.82 Å². The molecule has 0 radical (unpaired) electrons. The molecule has 0 spiro atoms.